The van der Waals surface area contributed by atoms with Crippen LogP contribution in [0.3, 0.4) is 0 Å². The average Bonchev–Trinajstić information content (AvgIpc) is 3.35. The van der Waals surface area contributed by atoms with Crippen LogP contribution in [-0.4, -0.2) is 26.4 Å². The van der Waals surface area contributed by atoms with E-state index in [1.807, 2.05) is 24.3 Å². The minimum atomic E-state index is -3.67. The Morgan fingerprint density at radius 3 is 2.18 bits per heavy atom. The average molecular weight is 487 g/mol. The van der Waals surface area contributed by atoms with Crippen molar-refractivity contribution < 1.29 is 22.7 Å². The maximum atomic E-state index is 12.4. The van der Waals surface area contributed by atoms with Crippen LogP contribution in [0.1, 0.15) is 49.0 Å². The number of amides is 1. The van der Waals surface area contributed by atoms with Gasteiger partial charge in [0.25, 0.3) is 15.9 Å². The van der Waals surface area contributed by atoms with Crippen molar-refractivity contribution in [1.82, 2.24) is 0 Å². The van der Waals surface area contributed by atoms with Crippen molar-refractivity contribution in [2.75, 3.05) is 10.0 Å². The molecule has 0 spiro atoms. The van der Waals surface area contributed by atoms with Crippen molar-refractivity contribution in [3.05, 3.63) is 77.2 Å². The molecule has 1 amide bonds. The Kier molecular flexibility index (Phi) is 7.88. The van der Waals surface area contributed by atoms with Gasteiger partial charge < -0.3 is 10.1 Å². The number of anilines is 2. The number of nitrogens with one attached hydrogen (secondary N) is 2. The second kappa shape index (κ2) is 10.6. The van der Waals surface area contributed by atoms with Gasteiger partial charge in [0.15, 0.2) is 6.10 Å². The van der Waals surface area contributed by atoms with Gasteiger partial charge in [0.1, 0.15) is 4.21 Å². The molecule has 1 heterocycles. The topological polar surface area (TPSA) is 102 Å². The lowest BCUT2D eigenvalue weighted by molar-refractivity contribution is -0.123. The molecule has 9 heteroatoms. The number of rotatable bonds is 9. The maximum absolute atomic E-state index is 12.4. The summed E-state index contributed by atoms with van der Waals surface area (Å²) in [6.45, 7) is 5.75. The largest absolute Gasteiger partial charge is 0.449 e. The molecule has 0 aliphatic rings. The Morgan fingerprint density at radius 2 is 1.61 bits per heavy atom. The van der Waals surface area contributed by atoms with E-state index in [2.05, 4.69) is 23.9 Å². The van der Waals surface area contributed by atoms with Crippen LogP contribution in [0.15, 0.2) is 70.3 Å². The Morgan fingerprint density at radius 1 is 0.970 bits per heavy atom. The molecule has 3 aromatic rings. The van der Waals surface area contributed by atoms with Gasteiger partial charge in [0.05, 0.1) is 5.56 Å². The van der Waals surface area contributed by atoms with Crippen LogP contribution in [0, 0.1) is 0 Å². The third-order valence-corrected chi connectivity index (χ3v) is 7.92. The molecule has 33 heavy (non-hydrogen) atoms. The van der Waals surface area contributed by atoms with E-state index >= 15 is 0 Å². The molecule has 0 unspecified atom stereocenters. The zero-order valence-electron chi connectivity index (χ0n) is 18.6. The van der Waals surface area contributed by atoms with Crippen LogP contribution >= 0.6 is 11.3 Å². The fourth-order valence-electron chi connectivity index (χ4n) is 2.95. The van der Waals surface area contributed by atoms with Gasteiger partial charge in [-0.3, -0.25) is 9.52 Å². The van der Waals surface area contributed by atoms with Crippen LogP contribution in [0.2, 0.25) is 0 Å². The number of sulfonamides is 1. The third-order valence-electron chi connectivity index (χ3n) is 5.15. The van der Waals surface area contributed by atoms with E-state index in [4.69, 9.17) is 4.74 Å². The highest BCUT2D eigenvalue weighted by Gasteiger charge is 2.20. The summed E-state index contributed by atoms with van der Waals surface area (Å²) in [7, 11) is -3.67. The summed E-state index contributed by atoms with van der Waals surface area (Å²) in [5.74, 6) is -0.690. The Labute approximate surface area is 197 Å². The fourth-order valence-corrected chi connectivity index (χ4v) is 5.00. The smallest absolute Gasteiger partial charge is 0.338 e. The normalized spacial score (nSPS) is 13.1. The van der Waals surface area contributed by atoms with E-state index in [9.17, 15) is 18.0 Å². The van der Waals surface area contributed by atoms with Gasteiger partial charge in [0, 0.05) is 11.4 Å². The Bertz CT molecular complexity index is 1190. The standard InChI is InChI=1S/C24H26N2O5S2/c1-4-16(2)18-7-11-20(12-8-18)25-23(27)17(3)31-24(28)19-9-13-21(14-10-19)26-33(29,30)22-6-5-15-32-22/h5-17,26H,4H2,1-3H3,(H,25,27)/t16-,17+/m0/s1. The summed E-state index contributed by atoms with van der Waals surface area (Å²) >= 11 is 1.11. The van der Waals surface area contributed by atoms with Gasteiger partial charge in [-0.2, -0.15) is 0 Å². The highest BCUT2D eigenvalue weighted by atomic mass is 32.2. The van der Waals surface area contributed by atoms with Crippen LogP contribution in [0.4, 0.5) is 11.4 Å². The number of carbonyl (C=O) groups excluding carboxylic acids is 2. The quantitative estimate of drug-likeness (QED) is 0.403. The van der Waals surface area contributed by atoms with Crippen molar-refractivity contribution in [3.63, 3.8) is 0 Å². The van der Waals surface area contributed by atoms with Gasteiger partial charge in [-0.15, -0.1) is 11.3 Å². The first-order valence-corrected chi connectivity index (χ1v) is 12.8. The van der Waals surface area contributed by atoms with Crippen LogP contribution in [0.25, 0.3) is 0 Å². The fraction of sp³-hybridized carbons (Fsp3) is 0.250. The Balaban J connectivity index is 1.56. The second-order valence-electron chi connectivity index (χ2n) is 7.58. The van der Waals surface area contributed by atoms with Crippen molar-refractivity contribution >= 4 is 44.6 Å². The highest BCUT2D eigenvalue weighted by molar-refractivity contribution is 7.94. The molecule has 2 N–H and O–H groups in total. The van der Waals surface area contributed by atoms with Crippen LogP contribution < -0.4 is 10.0 Å². The first-order chi connectivity index (χ1) is 15.7. The van der Waals surface area contributed by atoms with E-state index < -0.39 is 28.0 Å². The summed E-state index contributed by atoms with van der Waals surface area (Å²) in [5.41, 5.74) is 2.33. The first-order valence-electron chi connectivity index (χ1n) is 10.5. The van der Waals surface area contributed by atoms with Crippen molar-refractivity contribution in [2.24, 2.45) is 0 Å². The highest BCUT2D eigenvalue weighted by Crippen LogP contribution is 2.22. The number of esters is 1. The van der Waals surface area contributed by atoms with Crippen LogP contribution in [0.5, 0.6) is 0 Å². The van der Waals surface area contributed by atoms with Crippen molar-refractivity contribution in [2.45, 2.75) is 43.4 Å². The molecule has 0 aliphatic carbocycles. The van der Waals surface area contributed by atoms with E-state index in [0.717, 1.165) is 17.8 Å². The molecule has 2 atom stereocenters. The first kappa shape index (κ1) is 24.5. The molecule has 0 fully saturated rings. The molecule has 0 saturated heterocycles. The number of thiophene rings is 1. The van der Waals surface area contributed by atoms with Crippen molar-refractivity contribution in [3.8, 4) is 0 Å². The molecule has 3 rings (SSSR count). The van der Waals surface area contributed by atoms with E-state index in [1.54, 1.807) is 11.4 Å². The summed E-state index contributed by atoms with van der Waals surface area (Å²) in [6, 6.07) is 16.5. The number of hydrogen-bond acceptors (Lipinski definition) is 6. The summed E-state index contributed by atoms with van der Waals surface area (Å²) in [6.07, 6.45) is 0.0175. The van der Waals surface area contributed by atoms with E-state index in [0.29, 0.717) is 17.3 Å². The monoisotopic (exact) mass is 486 g/mol. The maximum Gasteiger partial charge on any atom is 0.338 e. The lowest BCUT2D eigenvalue weighted by Crippen LogP contribution is -2.30. The predicted molar refractivity (Wildman–Crippen MR) is 130 cm³/mol. The van der Waals surface area contributed by atoms with Crippen LogP contribution in [-0.2, 0) is 19.6 Å². The predicted octanol–water partition coefficient (Wildman–Crippen LogP) is 5.25. The molecule has 0 saturated carbocycles. The lowest BCUT2D eigenvalue weighted by atomic mass is 9.99. The number of benzene rings is 2. The number of carbonyl (C=O) groups is 2. The second-order valence-corrected chi connectivity index (χ2v) is 10.4. The molecule has 174 valence electrons. The summed E-state index contributed by atoms with van der Waals surface area (Å²) in [4.78, 5) is 24.8. The number of ether oxygens (including phenoxy) is 1. The SMILES string of the molecule is CC[C@H](C)c1ccc(NC(=O)[C@@H](C)OC(=O)c2ccc(NS(=O)(=O)c3cccs3)cc2)cc1. The lowest BCUT2D eigenvalue weighted by Gasteiger charge is -2.15. The molecule has 7 nitrogen and oxygen atoms in total. The molecule has 0 aliphatic heterocycles. The van der Waals surface area contributed by atoms with Crippen molar-refractivity contribution in [1.29, 1.82) is 0 Å². The van der Waals surface area contributed by atoms with Gasteiger partial charge >= 0.3 is 5.97 Å². The van der Waals surface area contributed by atoms with Gasteiger partial charge in [0.2, 0.25) is 0 Å². The summed E-state index contributed by atoms with van der Waals surface area (Å²) in [5, 5.41) is 4.41. The van der Waals surface area contributed by atoms with E-state index in [-0.39, 0.29) is 9.77 Å². The third kappa shape index (κ3) is 6.43. The summed E-state index contributed by atoms with van der Waals surface area (Å²) < 4.78 is 32.5. The van der Waals surface area contributed by atoms with E-state index in [1.165, 1.54) is 42.8 Å². The molecule has 2 aromatic carbocycles. The molecule has 0 bridgehead atoms. The zero-order chi connectivity index (χ0) is 24.0. The molecular formula is C24H26N2O5S2. The number of hydrogen-bond donors (Lipinski definition) is 2. The van der Waals surface area contributed by atoms with Gasteiger partial charge in [-0.05, 0) is 72.7 Å². The van der Waals surface area contributed by atoms with Gasteiger partial charge in [-0.1, -0.05) is 32.0 Å². The molecule has 0 radical (unpaired) electrons. The van der Waals surface area contributed by atoms with Gasteiger partial charge in [-0.25, -0.2) is 13.2 Å². The molecular weight excluding hydrogens is 460 g/mol. The minimum absolute atomic E-state index is 0.195. The zero-order valence-corrected chi connectivity index (χ0v) is 20.2. The Hall–Kier alpha value is -3.17. The molecule has 1 aromatic heterocycles. The minimum Gasteiger partial charge on any atom is -0.449 e.